The van der Waals surface area contributed by atoms with Gasteiger partial charge in [-0.1, -0.05) is 6.92 Å². The van der Waals surface area contributed by atoms with Crippen LogP contribution in [0.5, 0.6) is 5.75 Å². The van der Waals surface area contributed by atoms with Crippen molar-refractivity contribution in [3.8, 4) is 23.1 Å². The van der Waals surface area contributed by atoms with Crippen LogP contribution in [0.3, 0.4) is 0 Å². The number of aromatic hydroxyl groups is 1. The fourth-order valence-corrected chi connectivity index (χ4v) is 4.63. The summed E-state index contributed by atoms with van der Waals surface area (Å²) in [7, 11) is 0. The number of amides is 1. The number of pyridine rings is 1. The number of carbonyl (C=O) groups is 1. The predicted molar refractivity (Wildman–Crippen MR) is 107 cm³/mol. The summed E-state index contributed by atoms with van der Waals surface area (Å²) < 4.78 is 1.69. The molecule has 0 aromatic carbocycles. The second-order valence-electron chi connectivity index (χ2n) is 8.17. The van der Waals surface area contributed by atoms with Gasteiger partial charge in [0.2, 0.25) is 5.91 Å². The van der Waals surface area contributed by atoms with Gasteiger partial charge >= 0.3 is 0 Å². The van der Waals surface area contributed by atoms with Gasteiger partial charge in [-0.25, -0.2) is 9.50 Å². The smallest absolute Gasteiger partial charge is 0.248 e. The lowest BCUT2D eigenvalue weighted by molar-refractivity contribution is -0.124. The maximum atomic E-state index is 13.4. The quantitative estimate of drug-likeness (QED) is 0.744. The predicted octanol–water partition coefficient (Wildman–Crippen LogP) is 3.31. The molecular weight excluding hydrogens is 366 g/mol. The first kappa shape index (κ1) is 17.7. The molecule has 2 fully saturated rings. The third kappa shape index (κ3) is 2.45. The Morgan fingerprint density at radius 1 is 1.31 bits per heavy atom. The molecule has 0 unspecified atom stereocenters. The Bertz CT molecular complexity index is 1190. The van der Waals surface area contributed by atoms with E-state index in [2.05, 4.69) is 16.2 Å². The highest BCUT2D eigenvalue weighted by molar-refractivity contribution is 6.05. The van der Waals surface area contributed by atoms with E-state index in [4.69, 9.17) is 0 Å². The topological polar surface area (TPSA) is 94.5 Å². The Morgan fingerprint density at radius 2 is 2.10 bits per heavy atom. The van der Waals surface area contributed by atoms with E-state index in [0.717, 1.165) is 35.3 Å². The van der Waals surface area contributed by atoms with Crippen LogP contribution in [0.25, 0.3) is 16.8 Å². The molecule has 0 spiro atoms. The summed E-state index contributed by atoms with van der Waals surface area (Å²) in [5.41, 5.74) is 2.55. The Balaban J connectivity index is 1.62. The molecule has 1 saturated heterocycles. The summed E-state index contributed by atoms with van der Waals surface area (Å²) in [5.74, 6) is 0.116. The van der Waals surface area contributed by atoms with Gasteiger partial charge in [-0.2, -0.15) is 10.4 Å². The molecule has 3 aromatic heterocycles. The van der Waals surface area contributed by atoms with Gasteiger partial charge in [0.15, 0.2) is 0 Å². The first-order valence-electron chi connectivity index (χ1n) is 9.83. The van der Waals surface area contributed by atoms with Crippen LogP contribution < -0.4 is 4.90 Å². The highest BCUT2D eigenvalue weighted by Gasteiger charge is 2.61. The number of aryl methyl sites for hydroxylation is 1. The zero-order valence-corrected chi connectivity index (χ0v) is 16.3. The fourth-order valence-electron chi connectivity index (χ4n) is 4.63. The van der Waals surface area contributed by atoms with Crippen molar-refractivity contribution < 1.29 is 9.90 Å². The van der Waals surface area contributed by atoms with Gasteiger partial charge in [0, 0.05) is 36.1 Å². The minimum Gasteiger partial charge on any atom is -0.506 e. The van der Waals surface area contributed by atoms with Crippen LogP contribution in [0.4, 0.5) is 5.69 Å². The van der Waals surface area contributed by atoms with Gasteiger partial charge < -0.3 is 10.0 Å². The Kier molecular flexibility index (Phi) is 3.69. The zero-order valence-electron chi connectivity index (χ0n) is 16.3. The van der Waals surface area contributed by atoms with E-state index in [0.29, 0.717) is 12.2 Å². The number of nitrogens with zero attached hydrogens (tertiary/aromatic N) is 5. The molecule has 29 heavy (non-hydrogen) atoms. The maximum absolute atomic E-state index is 13.4. The van der Waals surface area contributed by atoms with Crippen molar-refractivity contribution in [2.45, 2.75) is 26.7 Å². The van der Waals surface area contributed by atoms with Crippen LogP contribution >= 0.6 is 0 Å². The second-order valence-corrected chi connectivity index (χ2v) is 8.17. The van der Waals surface area contributed by atoms with Crippen LogP contribution in [0, 0.1) is 35.5 Å². The molecule has 1 saturated carbocycles. The number of nitriles is 1. The number of hydrogen-bond acceptors (Lipinski definition) is 5. The van der Waals surface area contributed by atoms with Crippen molar-refractivity contribution in [2.75, 3.05) is 11.4 Å². The van der Waals surface area contributed by atoms with Crippen LogP contribution in [0.15, 0.2) is 36.7 Å². The lowest BCUT2D eigenvalue weighted by Crippen LogP contribution is -2.37. The largest absolute Gasteiger partial charge is 0.506 e. The summed E-state index contributed by atoms with van der Waals surface area (Å²) in [6, 6.07) is 9.44. The first-order valence-corrected chi connectivity index (χ1v) is 9.83. The summed E-state index contributed by atoms with van der Waals surface area (Å²) >= 11 is 0. The molecule has 2 aliphatic rings. The Labute approximate surface area is 168 Å². The standard InChI is InChI=1S/C22H21N5O2/c1-13-10-26(21(29)22(13,12-23)16-4-5-16)17-7-8-24-27-11-15(9-18(17)27)20-19(28)6-3-14(2)25-20/h3,6-9,11,13,16,28H,4-5,10H2,1-2H3/t13-,22+/m1/s1. The van der Waals surface area contributed by atoms with Crippen LogP contribution in [0.1, 0.15) is 25.5 Å². The van der Waals surface area contributed by atoms with Gasteiger partial charge in [-0.3, -0.25) is 4.79 Å². The maximum Gasteiger partial charge on any atom is 0.248 e. The molecule has 3 aromatic rings. The van der Waals surface area contributed by atoms with Gasteiger partial charge in [0.25, 0.3) is 0 Å². The minimum absolute atomic E-state index is 0.0300. The van der Waals surface area contributed by atoms with Crippen molar-refractivity contribution in [1.82, 2.24) is 14.6 Å². The molecular formula is C22H21N5O2. The number of fused-ring (bicyclic) bond motifs is 1. The van der Waals surface area contributed by atoms with E-state index < -0.39 is 5.41 Å². The number of hydrogen-bond donors (Lipinski definition) is 1. The normalized spacial score (nSPS) is 24.2. The highest BCUT2D eigenvalue weighted by Crippen LogP contribution is 2.54. The molecule has 0 bridgehead atoms. The van der Waals surface area contributed by atoms with Gasteiger partial charge in [0.1, 0.15) is 16.9 Å². The summed E-state index contributed by atoms with van der Waals surface area (Å²) in [6.45, 7) is 4.37. The number of carbonyl (C=O) groups excluding carboxylic acids is 1. The van der Waals surface area contributed by atoms with Crippen molar-refractivity contribution in [1.29, 1.82) is 5.26 Å². The molecule has 146 valence electrons. The van der Waals surface area contributed by atoms with Crippen molar-refractivity contribution >= 4 is 17.1 Å². The first-order chi connectivity index (χ1) is 14.0. The summed E-state index contributed by atoms with van der Waals surface area (Å²) in [5, 5.41) is 24.5. The number of rotatable bonds is 3. The lowest BCUT2D eigenvalue weighted by atomic mass is 9.75. The van der Waals surface area contributed by atoms with E-state index in [1.165, 1.54) is 0 Å². The second kappa shape index (κ2) is 6.05. The van der Waals surface area contributed by atoms with Gasteiger partial charge in [-0.15, -0.1) is 0 Å². The molecule has 7 nitrogen and oxygen atoms in total. The average molecular weight is 387 g/mol. The van der Waals surface area contributed by atoms with Gasteiger partial charge in [0.05, 0.1) is 17.3 Å². The van der Waals surface area contributed by atoms with Crippen molar-refractivity contribution in [3.05, 3.63) is 42.4 Å². The third-order valence-corrected chi connectivity index (χ3v) is 6.30. The van der Waals surface area contributed by atoms with Crippen molar-refractivity contribution in [2.24, 2.45) is 17.3 Å². The highest BCUT2D eigenvalue weighted by atomic mass is 16.3. The van der Waals surface area contributed by atoms with Gasteiger partial charge in [-0.05, 0) is 49.9 Å². The molecule has 1 amide bonds. The van der Waals surface area contributed by atoms with E-state index in [1.807, 2.05) is 26.0 Å². The van der Waals surface area contributed by atoms with Crippen LogP contribution in [0.2, 0.25) is 0 Å². The molecule has 4 heterocycles. The fraction of sp³-hybridized carbons (Fsp3) is 0.364. The summed E-state index contributed by atoms with van der Waals surface area (Å²) in [6.07, 6.45) is 5.33. The monoisotopic (exact) mass is 387 g/mol. The molecule has 7 heteroatoms. The zero-order chi connectivity index (χ0) is 20.3. The van der Waals surface area contributed by atoms with E-state index in [1.54, 1.807) is 33.9 Å². The third-order valence-electron chi connectivity index (χ3n) is 6.30. The summed E-state index contributed by atoms with van der Waals surface area (Å²) in [4.78, 5) is 19.6. The van der Waals surface area contributed by atoms with Crippen LogP contribution in [-0.2, 0) is 4.79 Å². The Morgan fingerprint density at radius 3 is 2.83 bits per heavy atom. The molecule has 2 atom stereocenters. The Hall–Kier alpha value is -3.40. The van der Waals surface area contributed by atoms with E-state index >= 15 is 0 Å². The van der Waals surface area contributed by atoms with Crippen molar-refractivity contribution in [3.63, 3.8) is 0 Å². The molecule has 1 aliphatic heterocycles. The number of anilines is 1. The van der Waals surface area contributed by atoms with Crippen LogP contribution in [-0.4, -0.2) is 32.2 Å². The van der Waals surface area contributed by atoms with E-state index in [9.17, 15) is 15.2 Å². The SMILES string of the molecule is Cc1ccc(O)c(-c2cc3c(N4C[C@@H](C)[C@@](C#N)(C5CC5)C4=O)ccnn3c2)n1. The molecule has 0 radical (unpaired) electrons. The molecule has 1 N–H and O–H groups in total. The lowest BCUT2D eigenvalue weighted by Gasteiger charge is -2.23. The number of aromatic nitrogens is 3. The average Bonchev–Trinajstić information content (AvgIpc) is 3.40. The minimum atomic E-state index is -0.925. The molecule has 1 aliphatic carbocycles. The molecule has 5 rings (SSSR count). The van der Waals surface area contributed by atoms with E-state index in [-0.39, 0.29) is 23.5 Å².